The van der Waals surface area contributed by atoms with Crippen LogP contribution in [0.5, 0.6) is 0 Å². The van der Waals surface area contributed by atoms with E-state index in [2.05, 4.69) is 27.9 Å². The molecule has 0 fully saturated rings. The van der Waals surface area contributed by atoms with Gasteiger partial charge < -0.3 is 9.73 Å². The first kappa shape index (κ1) is 10.8. The molecule has 1 N–H and O–H groups in total. The van der Waals surface area contributed by atoms with Gasteiger partial charge in [-0.2, -0.15) is 0 Å². The number of furan rings is 1. The van der Waals surface area contributed by atoms with Gasteiger partial charge in [0.15, 0.2) is 0 Å². The van der Waals surface area contributed by atoms with Crippen molar-refractivity contribution in [2.24, 2.45) is 0 Å². The highest BCUT2D eigenvalue weighted by atomic mass is 127. The zero-order valence-corrected chi connectivity index (χ0v) is 10.7. The summed E-state index contributed by atoms with van der Waals surface area (Å²) in [5.41, 5.74) is 2.04. The summed E-state index contributed by atoms with van der Waals surface area (Å²) in [6, 6.07) is 7.85. The van der Waals surface area contributed by atoms with Crippen LogP contribution < -0.4 is 5.32 Å². The Labute approximate surface area is 107 Å². The highest BCUT2D eigenvalue weighted by Crippen LogP contribution is 2.24. The molecule has 2 nitrogen and oxygen atoms in total. The van der Waals surface area contributed by atoms with Crippen molar-refractivity contribution < 1.29 is 4.42 Å². The predicted octanol–water partition coefficient (Wildman–Crippen LogP) is 4.15. The molecule has 4 heteroatoms. The standard InChI is InChI=1S/C11H9ClINO/c12-10-5-9(13)1-2-11(10)14-6-8-3-4-15-7-8/h1-5,7,14H,6H2. The monoisotopic (exact) mass is 333 g/mol. The molecule has 0 aliphatic rings. The van der Waals surface area contributed by atoms with Crippen molar-refractivity contribution in [2.75, 3.05) is 5.32 Å². The molecule has 0 saturated carbocycles. The summed E-state index contributed by atoms with van der Waals surface area (Å²) < 4.78 is 6.11. The second-order valence-corrected chi connectivity index (χ2v) is 4.76. The number of benzene rings is 1. The van der Waals surface area contributed by atoms with Gasteiger partial charge in [-0.05, 0) is 46.9 Å². The fraction of sp³-hybridized carbons (Fsp3) is 0.0909. The fourth-order valence-electron chi connectivity index (χ4n) is 1.22. The van der Waals surface area contributed by atoms with E-state index in [1.807, 2.05) is 24.3 Å². The highest BCUT2D eigenvalue weighted by molar-refractivity contribution is 14.1. The molecule has 0 bridgehead atoms. The molecule has 1 heterocycles. The van der Waals surface area contributed by atoms with Crippen LogP contribution in [0, 0.1) is 3.57 Å². The van der Waals surface area contributed by atoms with Crippen LogP contribution in [-0.4, -0.2) is 0 Å². The lowest BCUT2D eigenvalue weighted by molar-refractivity contribution is 0.564. The van der Waals surface area contributed by atoms with E-state index in [0.717, 1.165) is 26.4 Å². The van der Waals surface area contributed by atoms with Crippen LogP contribution in [0.4, 0.5) is 5.69 Å². The van der Waals surface area contributed by atoms with Crippen molar-refractivity contribution in [3.8, 4) is 0 Å². The number of hydrogen-bond acceptors (Lipinski definition) is 2. The van der Waals surface area contributed by atoms with E-state index in [4.69, 9.17) is 16.0 Å². The van der Waals surface area contributed by atoms with Gasteiger partial charge in [-0.1, -0.05) is 11.6 Å². The molecule has 2 aromatic rings. The quantitative estimate of drug-likeness (QED) is 0.854. The Morgan fingerprint density at radius 1 is 1.33 bits per heavy atom. The number of anilines is 1. The lowest BCUT2D eigenvalue weighted by Gasteiger charge is -2.06. The molecule has 2 rings (SSSR count). The van der Waals surface area contributed by atoms with Gasteiger partial charge in [0.25, 0.3) is 0 Å². The average molecular weight is 334 g/mol. The molecular formula is C11H9ClINO. The van der Waals surface area contributed by atoms with E-state index in [9.17, 15) is 0 Å². The first-order valence-corrected chi connectivity index (χ1v) is 5.91. The van der Waals surface area contributed by atoms with Crippen LogP contribution in [0.15, 0.2) is 41.2 Å². The molecule has 0 amide bonds. The van der Waals surface area contributed by atoms with Crippen molar-refractivity contribution >= 4 is 39.9 Å². The van der Waals surface area contributed by atoms with Gasteiger partial charge in [-0.15, -0.1) is 0 Å². The van der Waals surface area contributed by atoms with E-state index in [0.29, 0.717) is 0 Å². The molecule has 0 saturated heterocycles. The second-order valence-electron chi connectivity index (χ2n) is 3.11. The van der Waals surface area contributed by atoms with Crippen molar-refractivity contribution in [1.29, 1.82) is 0 Å². The molecule has 0 radical (unpaired) electrons. The topological polar surface area (TPSA) is 25.2 Å². The third kappa shape index (κ3) is 2.89. The minimum absolute atomic E-state index is 0.719. The summed E-state index contributed by atoms with van der Waals surface area (Å²) in [5, 5.41) is 3.99. The molecule has 0 aliphatic carbocycles. The minimum Gasteiger partial charge on any atom is -0.472 e. The van der Waals surface area contributed by atoms with Crippen molar-refractivity contribution in [2.45, 2.75) is 6.54 Å². The molecule has 1 aromatic heterocycles. The van der Waals surface area contributed by atoms with Crippen molar-refractivity contribution in [3.63, 3.8) is 0 Å². The minimum atomic E-state index is 0.719. The third-order valence-corrected chi connectivity index (χ3v) is 2.98. The Morgan fingerprint density at radius 2 is 2.20 bits per heavy atom. The SMILES string of the molecule is Clc1cc(I)ccc1NCc1ccoc1. The maximum atomic E-state index is 6.08. The fourth-order valence-corrected chi connectivity index (χ4v) is 2.15. The smallest absolute Gasteiger partial charge is 0.0952 e. The Bertz CT molecular complexity index is 442. The van der Waals surface area contributed by atoms with Gasteiger partial charge in [0, 0.05) is 15.7 Å². The van der Waals surface area contributed by atoms with Gasteiger partial charge in [0.2, 0.25) is 0 Å². The molecule has 78 valence electrons. The van der Waals surface area contributed by atoms with Gasteiger partial charge in [-0.25, -0.2) is 0 Å². The first-order valence-electron chi connectivity index (χ1n) is 4.46. The van der Waals surface area contributed by atoms with Crippen LogP contribution in [0.1, 0.15) is 5.56 Å². The van der Waals surface area contributed by atoms with E-state index in [1.54, 1.807) is 12.5 Å². The maximum Gasteiger partial charge on any atom is 0.0952 e. The lowest BCUT2D eigenvalue weighted by Crippen LogP contribution is -1.98. The number of halogens is 2. The first-order chi connectivity index (χ1) is 7.25. The number of nitrogens with one attached hydrogen (secondary N) is 1. The summed E-state index contributed by atoms with van der Waals surface area (Å²) in [4.78, 5) is 0. The zero-order valence-electron chi connectivity index (χ0n) is 7.84. The Hall–Kier alpha value is -0.680. The van der Waals surface area contributed by atoms with E-state index in [-0.39, 0.29) is 0 Å². The number of hydrogen-bond donors (Lipinski definition) is 1. The second kappa shape index (κ2) is 4.90. The van der Waals surface area contributed by atoms with Crippen LogP contribution in [0.25, 0.3) is 0 Å². The van der Waals surface area contributed by atoms with Crippen LogP contribution >= 0.6 is 34.2 Å². The highest BCUT2D eigenvalue weighted by Gasteiger charge is 2.00. The summed E-state index contributed by atoms with van der Waals surface area (Å²) >= 11 is 8.31. The van der Waals surface area contributed by atoms with E-state index < -0.39 is 0 Å². The van der Waals surface area contributed by atoms with E-state index >= 15 is 0 Å². The van der Waals surface area contributed by atoms with Gasteiger partial charge in [-0.3, -0.25) is 0 Å². The van der Waals surface area contributed by atoms with Crippen molar-refractivity contribution in [3.05, 3.63) is 50.9 Å². The molecule has 15 heavy (non-hydrogen) atoms. The summed E-state index contributed by atoms with van der Waals surface area (Å²) in [5.74, 6) is 0. The maximum absolute atomic E-state index is 6.08. The molecule has 1 aromatic carbocycles. The molecule has 0 aliphatic heterocycles. The zero-order chi connectivity index (χ0) is 10.7. The van der Waals surface area contributed by atoms with Crippen LogP contribution in [-0.2, 0) is 6.54 Å². The van der Waals surface area contributed by atoms with Gasteiger partial charge in [0.05, 0.1) is 23.2 Å². The normalized spacial score (nSPS) is 10.3. The summed E-state index contributed by atoms with van der Waals surface area (Å²) in [6.45, 7) is 0.719. The number of rotatable bonds is 3. The van der Waals surface area contributed by atoms with Gasteiger partial charge in [0.1, 0.15) is 0 Å². The predicted molar refractivity (Wildman–Crippen MR) is 70.2 cm³/mol. The third-order valence-electron chi connectivity index (χ3n) is 1.99. The summed E-state index contributed by atoms with van der Waals surface area (Å²) in [7, 11) is 0. The van der Waals surface area contributed by atoms with Crippen LogP contribution in [0.3, 0.4) is 0 Å². The Balaban J connectivity index is 2.05. The Kier molecular flexibility index (Phi) is 3.53. The van der Waals surface area contributed by atoms with Gasteiger partial charge >= 0.3 is 0 Å². The summed E-state index contributed by atoms with van der Waals surface area (Å²) in [6.07, 6.45) is 3.38. The van der Waals surface area contributed by atoms with E-state index in [1.165, 1.54) is 0 Å². The average Bonchev–Trinajstić information content (AvgIpc) is 2.69. The molecular weight excluding hydrogens is 324 g/mol. The lowest BCUT2D eigenvalue weighted by atomic mass is 10.3. The van der Waals surface area contributed by atoms with Crippen LogP contribution in [0.2, 0.25) is 5.02 Å². The Morgan fingerprint density at radius 3 is 2.87 bits per heavy atom. The molecule has 0 atom stereocenters. The largest absolute Gasteiger partial charge is 0.472 e. The molecule has 0 unspecified atom stereocenters. The molecule has 0 spiro atoms. The van der Waals surface area contributed by atoms with Crippen molar-refractivity contribution in [1.82, 2.24) is 0 Å².